The highest BCUT2D eigenvalue weighted by molar-refractivity contribution is 6.17. The zero-order valence-corrected chi connectivity index (χ0v) is 10.8. The lowest BCUT2D eigenvalue weighted by atomic mass is 10.1. The Morgan fingerprint density at radius 3 is 2.00 bits per heavy atom. The van der Waals surface area contributed by atoms with Gasteiger partial charge in [0, 0.05) is 5.88 Å². The number of aryl methyl sites for hydroxylation is 1. The van der Waals surface area contributed by atoms with Crippen molar-refractivity contribution in [2.75, 3.05) is 0 Å². The van der Waals surface area contributed by atoms with Gasteiger partial charge in [-0.05, 0) is 23.6 Å². The second-order valence-electron chi connectivity index (χ2n) is 3.68. The van der Waals surface area contributed by atoms with Gasteiger partial charge < -0.3 is 0 Å². The molecule has 17 heavy (non-hydrogen) atoms. The quantitative estimate of drug-likeness (QED) is 0.648. The summed E-state index contributed by atoms with van der Waals surface area (Å²) in [7, 11) is 0. The van der Waals surface area contributed by atoms with E-state index < -0.39 is 0 Å². The van der Waals surface area contributed by atoms with E-state index in [2.05, 4.69) is 25.6 Å². The highest BCUT2D eigenvalue weighted by Crippen LogP contribution is 2.06. The van der Waals surface area contributed by atoms with Crippen LogP contribution in [0.3, 0.4) is 0 Å². The molecule has 0 atom stereocenters. The topological polar surface area (TPSA) is 0 Å². The molecule has 0 aliphatic rings. The highest BCUT2D eigenvalue weighted by atomic mass is 35.5. The van der Waals surface area contributed by atoms with E-state index in [0.717, 1.165) is 0 Å². The molecule has 0 nitrogen and oxygen atoms in total. The molecule has 0 bridgehead atoms. The monoisotopic (exact) mass is 244 g/mol. The molecule has 0 aromatic heterocycles. The van der Waals surface area contributed by atoms with Gasteiger partial charge in [-0.1, -0.05) is 67.3 Å². The van der Waals surface area contributed by atoms with Gasteiger partial charge in [0.1, 0.15) is 0 Å². The van der Waals surface area contributed by atoms with E-state index >= 15 is 0 Å². The lowest BCUT2D eigenvalue weighted by molar-refractivity contribution is 1.41. The van der Waals surface area contributed by atoms with Gasteiger partial charge in [0.2, 0.25) is 0 Å². The third-order valence-corrected chi connectivity index (χ3v) is 2.71. The molecule has 2 aromatic carbocycles. The maximum absolute atomic E-state index is 5.53. The molecular weight excluding hydrogens is 228 g/mol. The van der Waals surface area contributed by atoms with E-state index in [1.807, 2.05) is 48.5 Å². The predicted octanol–water partition coefficient (Wildman–Crippen LogP) is 5.06. The zero-order chi connectivity index (χ0) is 12.5. The first kappa shape index (κ1) is 13.5. The molecule has 0 aliphatic carbocycles. The fourth-order valence-corrected chi connectivity index (χ4v) is 1.56. The first-order chi connectivity index (χ1) is 8.27. The van der Waals surface area contributed by atoms with Crippen LogP contribution in [-0.4, -0.2) is 0 Å². The SMILES string of the molecule is C=Cc1ccccc1C.ClCc1ccccc1. The Morgan fingerprint density at radius 2 is 1.59 bits per heavy atom. The second-order valence-corrected chi connectivity index (χ2v) is 3.95. The summed E-state index contributed by atoms with van der Waals surface area (Å²) in [5.74, 6) is 0.612. The van der Waals surface area contributed by atoms with Crippen LogP contribution in [0.25, 0.3) is 6.08 Å². The van der Waals surface area contributed by atoms with Gasteiger partial charge in [-0.2, -0.15) is 0 Å². The van der Waals surface area contributed by atoms with Gasteiger partial charge in [0.15, 0.2) is 0 Å². The smallest absolute Gasteiger partial charge is 0.0474 e. The Balaban J connectivity index is 0.000000171. The number of alkyl halides is 1. The number of benzene rings is 2. The molecule has 0 amide bonds. The first-order valence-corrected chi connectivity index (χ1v) is 6.09. The molecule has 1 heteroatoms. The van der Waals surface area contributed by atoms with E-state index in [1.54, 1.807) is 0 Å². The largest absolute Gasteiger partial charge is 0.122 e. The lowest BCUT2D eigenvalue weighted by Crippen LogP contribution is -1.75. The summed E-state index contributed by atoms with van der Waals surface area (Å²) >= 11 is 5.53. The maximum atomic E-state index is 5.53. The van der Waals surface area contributed by atoms with Gasteiger partial charge in [-0.15, -0.1) is 11.6 Å². The van der Waals surface area contributed by atoms with Crippen LogP contribution in [0.2, 0.25) is 0 Å². The third kappa shape index (κ3) is 4.88. The molecule has 2 rings (SSSR count). The van der Waals surface area contributed by atoms with Crippen molar-refractivity contribution < 1.29 is 0 Å². The van der Waals surface area contributed by atoms with Crippen LogP contribution in [-0.2, 0) is 5.88 Å². The fraction of sp³-hybridized carbons (Fsp3) is 0.125. The summed E-state index contributed by atoms with van der Waals surface area (Å²) in [6, 6.07) is 18.1. The van der Waals surface area contributed by atoms with E-state index in [9.17, 15) is 0 Å². The molecule has 0 saturated heterocycles. The summed E-state index contributed by atoms with van der Waals surface area (Å²) in [6.45, 7) is 5.77. The molecule has 0 fully saturated rings. The summed E-state index contributed by atoms with van der Waals surface area (Å²) in [4.78, 5) is 0. The average Bonchev–Trinajstić information content (AvgIpc) is 2.41. The van der Waals surface area contributed by atoms with Gasteiger partial charge >= 0.3 is 0 Å². The minimum atomic E-state index is 0.612. The Labute approximate surface area is 109 Å². The minimum absolute atomic E-state index is 0.612. The van der Waals surface area contributed by atoms with Crippen LogP contribution in [0.1, 0.15) is 16.7 Å². The third-order valence-electron chi connectivity index (χ3n) is 2.41. The van der Waals surface area contributed by atoms with Crippen LogP contribution in [0.5, 0.6) is 0 Å². The van der Waals surface area contributed by atoms with Crippen molar-refractivity contribution in [1.29, 1.82) is 0 Å². The van der Waals surface area contributed by atoms with Gasteiger partial charge in [-0.3, -0.25) is 0 Å². The Morgan fingerprint density at radius 1 is 1.00 bits per heavy atom. The first-order valence-electron chi connectivity index (χ1n) is 5.56. The van der Waals surface area contributed by atoms with Crippen molar-refractivity contribution in [3.05, 3.63) is 77.9 Å². The number of hydrogen-bond donors (Lipinski definition) is 0. The average molecular weight is 245 g/mol. The number of halogens is 1. The summed E-state index contributed by atoms with van der Waals surface area (Å²) in [6.07, 6.45) is 1.87. The van der Waals surface area contributed by atoms with Crippen molar-refractivity contribution in [3.63, 3.8) is 0 Å². The lowest BCUT2D eigenvalue weighted by Gasteiger charge is -1.95. The van der Waals surface area contributed by atoms with Crippen LogP contribution >= 0.6 is 11.6 Å². The van der Waals surface area contributed by atoms with Crippen LogP contribution in [0.4, 0.5) is 0 Å². The number of hydrogen-bond acceptors (Lipinski definition) is 0. The number of rotatable bonds is 2. The van der Waals surface area contributed by atoms with E-state index in [4.69, 9.17) is 11.6 Å². The normalized spacial score (nSPS) is 9.06. The molecule has 0 N–H and O–H groups in total. The highest BCUT2D eigenvalue weighted by Gasteiger charge is 1.86. The molecule has 0 unspecified atom stereocenters. The van der Waals surface area contributed by atoms with Gasteiger partial charge in [0.25, 0.3) is 0 Å². The molecule has 0 heterocycles. The van der Waals surface area contributed by atoms with Crippen molar-refractivity contribution in [3.8, 4) is 0 Å². The van der Waals surface area contributed by atoms with E-state index in [-0.39, 0.29) is 0 Å². The Hall–Kier alpha value is -1.53. The van der Waals surface area contributed by atoms with E-state index in [1.165, 1.54) is 16.7 Å². The summed E-state index contributed by atoms with van der Waals surface area (Å²) in [5, 5.41) is 0. The van der Waals surface area contributed by atoms with Crippen LogP contribution < -0.4 is 0 Å². The molecule has 0 aliphatic heterocycles. The van der Waals surface area contributed by atoms with Crippen LogP contribution in [0.15, 0.2) is 61.2 Å². The fourth-order valence-electron chi connectivity index (χ4n) is 1.38. The van der Waals surface area contributed by atoms with Gasteiger partial charge in [0.05, 0.1) is 0 Å². The van der Waals surface area contributed by atoms with E-state index in [0.29, 0.717) is 5.88 Å². The summed E-state index contributed by atoms with van der Waals surface area (Å²) < 4.78 is 0. The summed E-state index contributed by atoms with van der Waals surface area (Å²) in [5.41, 5.74) is 3.68. The van der Waals surface area contributed by atoms with Crippen molar-refractivity contribution in [2.24, 2.45) is 0 Å². The molecule has 0 spiro atoms. The zero-order valence-electron chi connectivity index (χ0n) is 10.1. The maximum Gasteiger partial charge on any atom is 0.0474 e. The minimum Gasteiger partial charge on any atom is -0.122 e. The molecular formula is C16H17Cl. The van der Waals surface area contributed by atoms with Crippen molar-refractivity contribution in [2.45, 2.75) is 12.8 Å². The Bertz CT molecular complexity index is 446. The Kier molecular flexibility index (Phi) is 6.13. The molecule has 0 radical (unpaired) electrons. The van der Waals surface area contributed by atoms with Crippen molar-refractivity contribution >= 4 is 17.7 Å². The molecule has 2 aromatic rings. The standard InChI is InChI=1S/C9H10.C7H7Cl/c1-3-9-7-5-4-6-8(9)2;8-6-7-4-2-1-3-5-7/h3-7H,1H2,2H3;1-5H,6H2. The predicted molar refractivity (Wildman–Crippen MR) is 77.3 cm³/mol. The van der Waals surface area contributed by atoms with Crippen molar-refractivity contribution in [1.82, 2.24) is 0 Å². The van der Waals surface area contributed by atoms with Gasteiger partial charge in [-0.25, -0.2) is 0 Å². The second kappa shape index (κ2) is 7.70. The molecule has 88 valence electrons. The van der Waals surface area contributed by atoms with Crippen LogP contribution in [0, 0.1) is 6.92 Å². The molecule has 0 saturated carbocycles.